The average Bonchev–Trinajstić information content (AvgIpc) is 2.38. The zero-order valence-corrected chi connectivity index (χ0v) is 13.2. The van der Waals surface area contributed by atoms with E-state index in [2.05, 4.69) is 19.6 Å². The van der Waals surface area contributed by atoms with E-state index >= 15 is 0 Å². The molecule has 0 aliphatic heterocycles. The van der Waals surface area contributed by atoms with E-state index in [1.165, 1.54) is 5.57 Å². The number of allylic oxidation sites excluding steroid dienone is 2. The summed E-state index contributed by atoms with van der Waals surface area (Å²) in [7, 11) is 1.60. The Morgan fingerprint density at radius 1 is 1.52 bits per heavy atom. The van der Waals surface area contributed by atoms with Crippen molar-refractivity contribution in [1.29, 1.82) is 0 Å². The Labute approximate surface area is 127 Å². The van der Waals surface area contributed by atoms with Gasteiger partial charge in [-0.2, -0.15) is 0 Å². The van der Waals surface area contributed by atoms with E-state index in [0.29, 0.717) is 12.2 Å². The smallest absolute Gasteiger partial charge is 0.114 e. The maximum absolute atomic E-state index is 11.2. The molecular formula is C18H26O3. The van der Waals surface area contributed by atoms with Gasteiger partial charge in [0, 0.05) is 7.11 Å². The monoisotopic (exact) mass is 290 g/mol. The average molecular weight is 290 g/mol. The van der Waals surface area contributed by atoms with Crippen molar-refractivity contribution in [3.05, 3.63) is 47.3 Å². The van der Waals surface area contributed by atoms with Gasteiger partial charge in [-0.3, -0.25) is 0 Å². The first kappa shape index (κ1) is 16.1. The molecule has 116 valence electrons. The molecule has 3 atom stereocenters. The van der Waals surface area contributed by atoms with Gasteiger partial charge in [0.15, 0.2) is 0 Å². The molecule has 0 radical (unpaired) electrons. The number of ether oxygens (including phenoxy) is 1. The summed E-state index contributed by atoms with van der Waals surface area (Å²) in [4.78, 5) is 0. The second-order valence-electron chi connectivity index (χ2n) is 6.37. The number of aliphatic hydroxyl groups excluding tert-OH is 1. The lowest BCUT2D eigenvalue weighted by atomic mass is 9.67. The van der Waals surface area contributed by atoms with Crippen molar-refractivity contribution in [2.75, 3.05) is 13.7 Å². The first-order valence-corrected chi connectivity index (χ1v) is 7.55. The molecule has 0 bridgehead atoms. The lowest BCUT2D eigenvalue weighted by Crippen LogP contribution is -2.44. The van der Waals surface area contributed by atoms with E-state index in [1.54, 1.807) is 19.3 Å². The minimum absolute atomic E-state index is 0.136. The van der Waals surface area contributed by atoms with E-state index in [-0.39, 0.29) is 17.6 Å². The predicted molar refractivity (Wildman–Crippen MR) is 85.0 cm³/mol. The van der Waals surface area contributed by atoms with Crippen LogP contribution in [0.4, 0.5) is 0 Å². The van der Waals surface area contributed by atoms with Crippen LogP contribution in [0, 0.1) is 11.8 Å². The van der Waals surface area contributed by atoms with Crippen molar-refractivity contribution in [2.24, 2.45) is 11.8 Å². The summed E-state index contributed by atoms with van der Waals surface area (Å²) in [6.07, 6.45) is 8.89. The van der Waals surface area contributed by atoms with Crippen molar-refractivity contribution in [2.45, 2.75) is 38.7 Å². The molecule has 0 aromatic heterocycles. The highest BCUT2D eigenvalue weighted by Gasteiger charge is 2.45. The highest BCUT2D eigenvalue weighted by atomic mass is 16.5. The summed E-state index contributed by atoms with van der Waals surface area (Å²) in [5, 5.41) is 21.7. The number of aliphatic hydroxyl groups is 2. The van der Waals surface area contributed by atoms with Crippen molar-refractivity contribution < 1.29 is 14.9 Å². The van der Waals surface area contributed by atoms with Gasteiger partial charge < -0.3 is 14.9 Å². The Morgan fingerprint density at radius 3 is 2.81 bits per heavy atom. The van der Waals surface area contributed by atoms with Crippen molar-refractivity contribution in [3.63, 3.8) is 0 Å². The topological polar surface area (TPSA) is 49.7 Å². The van der Waals surface area contributed by atoms with Crippen molar-refractivity contribution in [3.8, 4) is 0 Å². The third-order valence-electron chi connectivity index (χ3n) is 4.56. The Kier molecular flexibility index (Phi) is 4.74. The minimum Gasteiger partial charge on any atom is -0.512 e. The lowest BCUT2D eigenvalue weighted by Gasteiger charge is -2.42. The van der Waals surface area contributed by atoms with Gasteiger partial charge in [-0.1, -0.05) is 18.2 Å². The molecular weight excluding hydrogens is 264 g/mol. The quantitative estimate of drug-likeness (QED) is 0.776. The van der Waals surface area contributed by atoms with Gasteiger partial charge in [-0.15, -0.1) is 0 Å². The molecule has 2 unspecified atom stereocenters. The molecule has 0 heterocycles. The van der Waals surface area contributed by atoms with E-state index in [4.69, 9.17) is 4.74 Å². The molecule has 3 nitrogen and oxygen atoms in total. The van der Waals surface area contributed by atoms with Crippen LogP contribution in [0.5, 0.6) is 0 Å². The van der Waals surface area contributed by atoms with Gasteiger partial charge >= 0.3 is 0 Å². The Bertz CT molecular complexity index is 513. The summed E-state index contributed by atoms with van der Waals surface area (Å²) < 4.78 is 5.12. The molecule has 0 saturated heterocycles. The van der Waals surface area contributed by atoms with Gasteiger partial charge in [0.2, 0.25) is 0 Å². The van der Waals surface area contributed by atoms with Crippen LogP contribution < -0.4 is 0 Å². The summed E-state index contributed by atoms with van der Waals surface area (Å²) in [5.74, 6) is 0.00824. The fraction of sp³-hybridized carbons (Fsp3) is 0.556. The maximum Gasteiger partial charge on any atom is 0.114 e. The van der Waals surface area contributed by atoms with Crippen molar-refractivity contribution in [1.82, 2.24) is 0 Å². The van der Waals surface area contributed by atoms with Crippen LogP contribution in [0.15, 0.2) is 47.3 Å². The Morgan fingerprint density at radius 2 is 2.24 bits per heavy atom. The molecule has 0 saturated carbocycles. The van der Waals surface area contributed by atoms with Gasteiger partial charge in [0.25, 0.3) is 0 Å². The number of methoxy groups -OCH3 is 1. The minimum atomic E-state index is -1.22. The molecule has 2 rings (SSSR count). The molecule has 2 aliphatic carbocycles. The van der Waals surface area contributed by atoms with Gasteiger partial charge in [-0.05, 0) is 62.3 Å². The maximum atomic E-state index is 11.2. The summed E-state index contributed by atoms with van der Waals surface area (Å²) >= 11 is 0. The molecule has 0 amide bonds. The van der Waals surface area contributed by atoms with E-state index < -0.39 is 5.60 Å². The first-order chi connectivity index (χ1) is 9.88. The third-order valence-corrected chi connectivity index (χ3v) is 4.56. The summed E-state index contributed by atoms with van der Waals surface area (Å²) in [6.45, 7) is 8.24. The highest BCUT2D eigenvalue weighted by Crippen LogP contribution is 2.44. The number of hydrogen-bond donors (Lipinski definition) is 2. The fourth-order valence-electron chi connectivity index (χ4n) is 3.52. The molecule has 0 fully saturated rings. The first-order valence-electron chi connectivity index (χ1n) is 7.55. The fourth-order valence-corrected chi connectivity index (χ4v) is 3.52. The van der Waals surface area contributed by atoms with Crippen LogP contribution >= 0.6 is 0 Å². The largest absolute Gasteiger partial charge is 0.512 e. The standard InChI is InChI=1S/C18H26O3/c1-12(2)18(20)10-14(11-21-4)9-16(19)17(18)15-7-5-6-13(3)8-15/h8-10,15,17,19-20H,1,5-7,11H2,2-4H3/t15?,17-,18?/m1/s1. The number of hydrogen-bond acceptors (Lipinski definition) is 3. The van der Waals surface area contributed by atoms with Gasteiger partial charge in [0.1, 0.15) is 5.60 Å². The van der Waals surface area contributed by atoms with Crippen molar-refractivity contribution >= 4 is 0 Å². The van der Waals surface area contributed by atoms with E-state index in [1.807, 2.05) is 6.92 Å². The molecule has 2 aliphatic rings. The predicted octanol–water partition coefficient (Wildman–Crippen LogP) is 3.68. The van der Waals surface area contributed by atoms with E-state index in [9.17, 15) is 10.2 Å². The van der Waals surface area contributed by atoms with Crippen LogP contribution in [0.1, 0.15) is 33.1 Å². The molecule has 21 heavy (non-hydrogen) atoms. The van der Waals surface area contributed by atoms with Crippen LogP contribution in [0.25, 0.3) is 0 Å². The molecule has 2 N–H and O–H groups in total. The second-order valence-corrected chi connectivity index (χ2v) is 6.37. The Balaban J connectivity index is 2.42. The second kappa shape index (κ2) is 6.20. The molecule has 3 heteroatoms. The Hall–Kier alpha value is -1.32. The van der Waals surface area contributed by atoms with Crippen LogP contribution in [0.2, 0.25) is 0 Å². The lowest BCUT2D eigenvalue weighted by molar-refractivity contribution is 0.0318. The number of rotatable bonds is 4. The molecule has 0 spiro atoms. The summed E-state index contributed by atoms with van der Waals surface area (Å²) in [6, 6.07) is 0. The van der Waals surface area contributed by atoms with Gasteiger partial charge in [-0.25, -0.2) is 0 Å². The third kappa shape index (κ3) is 3.14. The van der Waals surface area contributed by atoms with Crippen LogP contribution in [-0.4, -0.2) is 29.5 Å². The zero-order valence-electron chi connectivity index (χ0n) is 13.2. The molecule has 0 aromatic carbocycles. The van der Waals surface area contributed by atoms with Crippen LogP contribution in [0.3, 0.4) is 0 Å². The zero-order chi connectivity index (χ0) is 15.6. The van der Waals surface area contributed by atoms with Gasteiger partial charge in [0.05, 0.1) is 18.3 Å². The SMILES string of the molecule is C=C(C)C1(O)C=C(COC)C=C(O)[C@H]1C1C=C(C)CCC1. The van der Waals surface area contributed by atoms with E-state index in [0.717, 1.165) is 24.8 Å². The van der Waals surface area contributed by atoms with Crippen LogP contribution in [-0.2, 0) is 4.74 Å². The normalized spacial score (nSPS) is 33.0. The molecule has 0 aromatic rings. The highest BCUT2D eigenvalue weighted by molar-refractivity contribution is 5.41. The summed E-state index contributed by atoms with van der Waals surface area (Å²) in [5.41, 5.74) is 1.55.